The van der Waals surface area contributed by atoms with E-state index in [1.807, 2.05) is 38.1 Å². The number of carbonyl (C=O) groups is 3. The number of nitrogens with one attached hydrogen (secondary N) is 2. The second-order valence-electron chi connectivity index (χ2n) is 5.53. The van der Waals surface area contributed by atoms with E-state index in [0.29, 0.717) is 6.42 Å². The van der Waals surface area contributed by atoms with Crippen molar-refractivity contribution in [2.24, 2.45) is 5.92 Å². The summed E-state index contributed by atoms with van der Waals surface area (Å²) in [4.78, 5) is 34.5. The number of hydrogen-bond donors (Lipinski definition) is 3. The van der Waals surface area contributed by atoms with Crippen LogP contribution in [0.2, 0.25) is 0 Å². The molecule has 0 aliphatic rings. The lowest BCUT2D eigenvalue weighted by Gasteiger charge is -2.12. The van der Waals surface area contributed by atoms with Crippen LogP contribution in [0, 0.1) is 12.8 Å². The number of carbonyl (C=O) groups excluding carboxylic acids is 2. The van der Waals surface area contributed by atoms with Crippen molar-refractivity contribution in [1.29, 1.82) is 0 Å². The number of carboxylic acids is 1. The molecule has 0 fully saturated rings. The molecule has 0 saturated heterocycles. The highest BCUT2D eigenvalue weighted by molar-refractivity contribution is 8.00. The SMILES string of the molecule is CCCC(CNC(=O)CSCC(=O)Nc1ccc(C)cc1)C(=O)O. The third-order valence-corrected chi connectivity index (χ3v) is 4.27. The molecular weight excluding hydrogens is 328 g/mol. The predicted molar refractivity (Wildman–Crippen MR) is 96.2 cm³/mol. The van der Waals surface area contributed by atoms with Gasteiger partial charge in [0.15, 0.2) is 0 Å². The first-order chi connectivity index (χ1) is 11.4. The number of amides is 2. The Hall–Kier alpha value is -2.02. The molecule has 0 aliphatic carbocycles. The van der Waals surface area contributed by atoms with E-state index in [1.165, 1.54) is 11.8 Å². The molecule has 3 N–H and O–H groups in total. The maximum atomic E-state index is 11.8. The molecule has 132 valence electrons. The van der Waals surface area contributed by atoms with Crippen LogP contribution in [0.1, 0.15) is 25.3 Å². The van der Waals surface area contributed by atoms with Crippen LogP contribution in [-0.2, 0) is 14.4 Å². The van der Waals surface area contributed by atoms with Gasteiger partial charge in [-0.15, -0.1) is 11.8 Å². The molecule has 0 aromatic heterocycles. The second-order valence-corrected chi connectivity index (χ2v) is 6.52. The van der Waals surface area contributed by atoms with Crippen LogP contribution in [0.25, 0.3) is 0 Å². The molecule has 0 radical (unpaired) electrons. The molecule has 1 aromatic rings. The number of rotatable bonds is 10. The van der Waals surface area contributed by atoms with Gasteiger partial charge in [-0.1, -0.05) is 31.0 Å². The van der Waals surface area contributed by atoms with Crippen molar-refractivity contribution >= 4 is 35.2 Å². The van der Waals surface area contributed by atoms with Crippen molar-refractivity contribution in [1.82, 2.24) is 5.32 Å². The highest BCUT2D eigenvalue weighted by atomic mass is 32.2. The highest BCUT2D eigenvalue weighted by Gasteiger charge is 2.17. The van der Waals surface area contributed by atoms with E-state index in [0.717, 1.165) is 17.7 Å². The van der Waals surface area contributed by atoms with Gasteiger partial charge in [0.2, 0.25) is 11.8 Å². The predicted octanol–water partition coefficient (Wildman–Crippen LogP) is 2.28. The Morgan fingerprint density at radius 2 is 1.75 bits per heavy atom. The average Bonchev–Trinajstić information content (AvgIpc) is 2.53. The maximum Gasteiger partial charge on any atom is 0.308 e. The summed E-state index contributed by atoms with van der Waals surface area (Å²) < 4.78 is 0. The number of carboxylic acid groups (broad SMARTS) is 1. The summed E-state index contributed by atoms with van der Waals surface area (Å²) in [6, 6.07) is 7.46. The Morgan fingerprint density at radius 3 is 2.33 bits per heavy atom. The molecule has 1 aromatic carbocycles. The van der Waals surface area contributed by atoms with Gasteiger partial charge >= 0.3 is 5.97 Å². The fourth-order valence-corrected chi connectivity index (χ4v) is 2.67. The number of aryl methyl sites for hydroxylation is 1. The Bertz CT molecular complexity index is 560. The second kappa shape index (κ2) is 10.7. The third kappa shape index (κ3) is 8.01. The number of anilines is 1. The fraction of sp³-hybridized carbons (Fsp3) is 0.471. The molecular formula is C17H24N2O4S. The van der Waals surface area contributed by atoms with Gasteiger partial charge in [-0.2, -0.15) is 0 Å². The van der Waals surface area contributed by atoms with E-state index < -0.39 is 11.9 Å². The average molecular weight is 352 g/mol. The van der Waals surface area contributed by atoms with Crippen molar-refractivity contribution in [3.05, 3.63) is 29.8 Å². The number of hydrogen-bond acceptors (Lipinski definition) is 4. The summed E-state index contributed by atoms with van der Waals surface area (Å²) in [5.41, 5.74) is 1.83. The van der Waals surface area contributed by atoms with Gasteiger partial charge in [0.25, 0.3) is 0 Å². The molecule has 7 heteroatoms. The molecule has 0 aliphatic heterocycles. The largest absolute Gasteiger partial charge is 0.481 e. The van der Waals surface area contributed by atoms with E-state index in [9.17, 15) is 14.4 Å². The van der Waals surface area contributed by atoms with Crippen molar-refractivity contribution in [2.75, 3.05) is 23.4 Å². The van der Waals surface area contributed by atoms with Crippen molar-refractivity contribution < 1.29 is 19.5 Å². The summed E-state index contributed by atoms with van der Waals surface area (Å²) in [5, 5.41) is 14.4. The quantitative estimate of drug-likeness (QED) is 0.600. The molecule has 1 rings (SSSR count). The smallest absolute Gasteiger partial charge is 0.308 e. The van der Waals surface area contributed by atoms with E-state index in [-0.39, 0.29) is 29.9 Å². The molecule has 0 heterocycles. The monoisotopic (exact) mass is 352 g/mol. The Morgan fingerprint density at radius 1 is 1.12 bits per heavy atom. The summed E-state index contributed by atoms with van der Waals surface area (Å²) in [6.07, 6.45) is 1.28. The Kier molecular flexibility index (Phi) is 8.93. The minimum absolute atomic E-state index is 0.123. The molecule has 6 nitrogen and oxygen atoms in total. The molecule has 0 spiro atoms. The van der Waals surface area contributed by atoms with Gasteiger partial charge in [-0.05, 0) is 25.5 Å². The van der Waals surface area contributed by atoms with Crippen LogP contribution in [0.15, 0.2) is 24.3 Å². The summed E-state index contributed by atoms with van der Waals surface area (Å²) >= 11 is 1.19. The topological polar surface area (TPSA) is 95.5 Å². The zero-order valence-corrected chi connectivity index (χ0v) is 14.8. The zero-order chi connectivity index (χ0) is 17.9. The first-order valence-electron chi connectivity index (χ1n) is 7.86. The lowest BCUT2D eigenvalue weighted by Crippen LogP contribution is -2.34. The van der Waals surface area contributed by atoms with Gasteiger partial charge < -0.3 is 15.7 Å². The standard InChI is InChI=1S/C17H24N2O4S/c1-3-4-13(17(22)23)9-18-15(20)10-24-11-16(21)19-14-7-5-12(2)6-8-14/h5-8,13H,3-4,9-11H2,1-2H3,(H,18,20)(H,19,21)(H,22,23). The van der Waals surface area contributed by atoms with Crippen LogP contribution in [0.5, 0.6) is 0 Å². The fourth-order valence-electron chi connectivity index (χ4n) is 2.02. The molecule has 1 atom stereocenters. The molecule has 0 saturated carbocycles. The zero-order valence-electron chi connectivity index (χ0n) is 14.0. The number of benzene rings is 1. The number of thioether (sulfide) groups is 1. The van der Waals surface area contributed by atoms with E-state index in [2.05, 4.69) is 10.6 Å². The molecule has 1 unspecified atom stereocenters. The minimum atomic E-state index is -0.901. The highest BCUT2D eigenvalue weighted by Crippen LogP contribution is 2.10. The van der Waals surface area contributed by atoms with Crippen LogP contribution in [0.4, 0.5) is 5.69 Å². The summed E-state index contributed by atoms with van der Waals surface area (Å²) in [7, 11) is 0. The molecule has 24 heavy (non-hydrogen) atoms. The van der Waals surface area contributed by atoms with Crippen LogP contribution >= 0.6 is 11.8 Å². The molecule has 2 amide bonds. The number of aliphatic carboxylic acids is 1. The lowest BCUT2D eigenvalue weighted by atomic mass is 10.0. The maximum absolute atomic E-state index is 11.8. The van der Waals surface area contributed by atoms with Gasteiger partial charge in [-0.3, -0.25) is 14.4 Å². The van der Waals surface area contributed by atoms with Crippen LogP contribution in [0.3, 0.4) is 0 Å². The van der Waals surface area contributed by atoms with Crippen LogP contribution < -0.4 is 10.6 Å². The lowest BCUT2D eigenvalue weighted by molar-refractivity contribution is -0.141. The first-order valence-corrected chi connectivity index (χ1v) is 9.01. The van der Waals surface area contributed by atoms with Gasteiger partial charge in [0.1, 0.15) is 0 Å². The Labute approximate surface area is 146 Å². The summed E-state index contributed by atoms with van der Waals surface area (Å²) in [6.45, 7) is 3.99. The Balaban J connectivity index is 2.23. The minimum Gasteiger partial charge on any atom is -0.481 e. The van der Waals surface area contributed by atoms with Gasteiger partial charge in [-0.25, -0.2) is 0 Å². The van der Waals surface area contributed by atoms with Crippen molar-refractivity contribution in [3.8, 4) is 0 Å². The molecule has 0 bridgehead atoms. The third-order valence-electron chi connectivity index (χ3n) is 3.33. The first kappa shape index (κ1) is 20.0. The van der Waals surface area contributed by atoms with Crippen LogP contribution in [-0.4, -0.2) is 40.9 Å². The van der Waals surface area contributed by atoms with Crippen molar-refractivity contribution in [2.45, 2.75) is 26.7 Å². The normalized spacial score (nSPS) is 11.6. The van der Waals surface area contributed by atoms with E-state index in [4.69, 9.17) is 5.11 Å². The van der Waals surface area contributed by atoms with Crippen molar-refractivity contribution in [3.63, 3.8) is 0 Å². The van der Waals surface area contributed by atoms with Gasteiger partial charge in [0.05, 0.1) is 17.4 Å². The summed E-state index contributed by atoms with van der Waals surface area (Å²) in [5.74, 6) is -1.61. The van der Waals surface area contributed by atoms with E-state index >= 15 is 0 Å². The van der Waals surface area contributed by atoms with E-state index in [1.54, 1.807) is 0 Å². The van der Waals surface area contributed by atoms with Gasteiger partial charge in [0, 0.05) is 12.2 Å².